The molecule has 0 fully saturated rings. The third-order valence-corrected chi connectivity index (χ3v) is 1.24. The van der Waals surface area contributed by atoms with E-state index in [9.17, 15) is 22.0 Å². The van der Waals surface area contributed by atoms with Crippen LogP contribution >= 0.6 is 0 Å². The van der Waals surface area contributed by atoms with Gasteiger partial charge in [-0.1, -0.05) is 13.3 Å². The van der Waals surface area contributed by atoms with Crippen molar-refractivity contribution in [2.45, 2.75) is 24.9 Å². The molecule has 0 rings (SSSR count). The zero-order chi connectivity index (χ0) is 10.5. The molecule has 0 N–H and O–H groups in total. The summed E-state index contributed by atoms with van der Waals surface area (Å²) in [6.07, 6.45) is -4.72. The average molecular weight is 205 g/mol. The van der Waals surface area contributed by atoms with E-state index in [0.717, 1.165) is 0 Å². The molecule has 13 heavy (non-hydrogen) atoms. The van der Waals surface area contributed by atoms with Gasteiger partial charge in [0.1, 0.15) is 6.61 Å². The highest BCUT2D eigenvalue weighted by Gasteiger charge is 2.57. The normalized spacial score (nSPS) is 13.4. The highest BCUT2D eigenvalue weighted by Crippen LogP contribution is 2.35. The molecule has 6 heteroatoms. The van der Waals surface area contributed by atoms with Crippen molar-refractivity contribution in [1.82, 2.24) is 0 Å². The van der Waals surface area contributed by atoms with Crippen molar-refractivity contribution in [2.24, 2.45) is 0 Å². The number of halogens is 5. The minimum atomic E-state index is -5.53. The molecule has 0 unspecified atom stereocenters. The number of ether oxygens (including phenoxy) is 1. The summed E-state index contributed by atoms with van der Waals surface area (Å²) in [7, 11) is 0. The van der Waals surface area contributed by atoms with Gasteiger partial charge in [0.25, 0.3) is 0 Å². The Kier molecular flexibility index (Phi) is 4.60. The number of hydrogen-bond donors (Lipinski definition) is 0. The Bertz CT molecular complexity index is 142. The molecule has 0 aliphatic rings. The fraction of sp³-hybridized carbons (Fsp3) is 0.857. The first-order valence-corrected chi connectivity index (χ1v) is 3.63. The zero-order valence-electron chi connectivity index (χ0n) is 6.83. The van der Waals surface area contributed by atoms with Crippen LogP contribution in [-0.2, 0) is 4.74 Å². The molecule has 0 spiro atoms. The second-order valence-corrected chi connectivity index (χ2v) is 2.46. The quantitative estimate of drug-likeness (QED) is 0.495. The summed E-state index contributed by atoms with van der Waals surface area (Å²) in [4.78, 5) is 0. The molecule has 79 valence electrons. The van der Waals surface area contributed by atoms with E-state index in [0.29, 0.717) is 12.8 Å². The molecule has 0 aromatic heterocycles. The lowest BCUT2D eigenvalue weighted by atomic mass is 10.3. The summed E-state index contributed by atoms with van der Waals surface area (Å²) in [6.45, 7) is 1.63. The zero-order valence-corrected chi connectivity index (χ0v) is 6.83. The van der Waals surface area contributed by atoms with Gasteiger partial charge in [-0.2, -0.15) is 22.0 Å². The summed E-state index contributed by atoms with van der Waals surface area (Å²) in [5.41, 5.74) is 0. The molecule has 0 amide bonds. The van der Waals surface area contributed by atoms with Crippen molar-refractivity contribution < 1.29 is 26.7 Å². The van der Waals surface area contributed by atoms with Crippen LogP contribution in [0.2, 0.25) is 0 Å². The van der Waals surface area contributed by atoms with Crippen LogP contribution in [-0.4, -0.2) is 25.3 Å². The van der Waals surface area contributed by atoms with E-state index in [4.69, 9.17) is 0 Å². The lowest BCUT2D eigenvalue weighted by Gasteiger charge is -2.19. The van der Waals surface area contributed by atoms with E-state index in [2.05, 4.69) is 11.7 Å². The Morgan fingerprint density at radius 2 is 1.62 bits per heavy atom. The van der Waals surface area contributed by atoms with E-state index in [1.54, 1.807) is 0 Å². The second-order valence-electron chi connectivity index (χ2n) is 2.46. The van der Waals surface area contributed by atoms with Crippen LogP contribution in [0.15, 0.2) is 0 Å². The van der Waals surface area contributed by atoms with Crippen molar-refractivity contribution >= 4 is 0 Å². The fourth-order valence-corrected chi connectivity index (χ4v) is 0.486. The van der Waals surface area contributed by atoms with Crippen LogP contribution in [0.1, 0.15) is 12.8 Å². The van der Waals surface area contributed by atoms with E-state index >= 15 is 0 Å². The molecule has 0 aliphatic carbocycles. The van der Waals surface area contributed by atoms with Crippen LogP contribution < -0.4 is 0 Å². The molecule has 0 aliphatic heterocycles. The average Bonchev–Trinajstić information content (AvgIpc) is 1.96. The van der Waals surface area contributed by atoms with Crippen molar-refractivity contribution in [3.8, 4) is 0 Å². The minimum absolute atomic E-state index is 0.130. The van der Waals surface area contributed by atoms with Crippen molar-refractivity contribution in [2.75, 3.05) is 13.2 Å². The van der Waals surface area contributed by atoms with Gasteiger partial charge in [-0.15, -0.1) is 0 Å². The van der Waals surface area contributed by atoms with Crippen molar-refractivity contribution in [3.63, 3.8) is 0 Å². The highest BCUT2D eigenvalue weighted by atomic mass is 19.4. The van der Waals surface area contributed by atoms with Gasteiger partial charge in [-0.05, 0) is 6.42 Å². The standard InChI is InChI=1S/C7H10F5O/c1-2-3-4-13-5-6(8,9)7(10,11)12/h1-5H2. The van der Waals surface area contributed by atoms with Gasteiger partial charge < -0.3 is 4.74 Å². The van der Waals surface area contributed by atoms with Crippen molar-refractivity contribution in [1.29, 1.82) is 0 Å². The molecule has 0 heterocycles. The van der Waals surface area contributed by atoms with Crippen LogP contribution in [0, 0.1) is 6.92 Å². The molecule has 0 bridgehead atoms. The predicted molar refractivity (Wildman–Crippen MR) is 36.4 cm³/mol. The topological polar surface area (TPSA) is 9.23 Å². The molecular weight excluding hydrogens is 195 g/mol. The van der Waals surface area contributed by atoms with Crippen LogP contribution in [0.25, 0.3) is 0 Å². The van der Waals surface area contributed by atoms with Crippen LogP contribution in [0.3, 0.4) is 0 Å². The lowest BCUT2D eigenvalue weighted by Crippen LogP contribution is -2.40. The molecular formula is C7H10F5O. The summed E-state index contributed by atoms with van der Waals surface area (Å²) < 4.78 is 62.8. The number of hydrogen-bond acceptors (Lipinski definition) is 1. The van der Waals surface area contributed by atoms with Gasteiger partial charge in [0.15, 0.2) is 0 Å². The van der Waals surface area contributed by atoms with Gasteiger partial charge >= 0.3 is 12.1 Å². The van der Waals surface area contributed by atoms with Crippen LogP contribution in [0.5, 0.6) is 0 Å². The fourth-order valence-electron chi connectivity index (χ4n) is 0.486. The van der Waals surface area contributed by atoms with Gasteiger partial charge in [0, 0.05) is 6.61 Å². The minimum Gasteiger partial charge on any atom is -0.375 e. The van der Waals surface area contributed by atoms with E-state index in [-0.39, 0.29) is 6.61 Å². The summed E-state index contributed by atoms with van der Waals surface area (Å²) in [6, 6.07) is 0. The number of unbranched alkanes of at least 4 members (excludes halogenated alkanes) is 1. The Morgan fingerprint density at radius 3 is 2.00 bits per heavy atom. The molecule has 0 aromatic carbocycles. The maximum atomic E-state index is 12.1. The first kappa shape index (κ1) is 12.6. The first-order chi connectivity index (χ1) is 5.81. The van der Waals surface area contributed by atoms with Crippen molar-refractivity contribution in [3.05, 3.63) is 6.92 Å². The lowest BCUT2D eigenvalue weighted by molar-refractivity contribution is -0.296. The summed E-state index contributed by atoms with van der Waals surface area (Å²) in [5, 5.41) is 0. The first-order valence-electron chi connectivity index (χ1n) is 3.63. The van der Waals surface area contributed by atoms with Gasteiger partial charge in [-0.25, -0.2) is 0 Å². The molecule has 0 saturated carbocycles. The smallest absolute Gasteiger partial charge is 0.375 e. The van der Waals surface area contributed by atoms with E-state index in [1.807, 2.05) is 0 Å². The summed E-state index contributed by atoms with van der Waals surface area (Å²) in [5.74, 6) is -4.76. The van der Waals surface area contributed by atoms with Gasteiger partial charge in [0.2, 0.25) is 0 Å². The summed E-state index contributed by atoms with van der Waals surface area (Å²) >= 11 is 0. The third kappa shape index (κ3) is 4.40. The molecule has 0 atom stereocenters. The maximum Gasteiger partial charge on any atom is 0.455 e. The second kappa shape index (κ2) is 4.74. The Morgan fingerprint density at radius 1 is 1.08 bits per heavy atom. The third-order valence-electron chi connectivity index (χ3n) is 1.24. The predicted octanol–water partition coefficient (Wildman–Crippen LogP) is 2.81. The largest absolute Gasteiger partial charge is 0.455 e. The monoisotopic (exact) mass is 205 g/mol. The number of alkyl halides is 5. The Labute approximate surface area is 72.9 Å². The molecule has 0 saturated heterocycles. The molecule has 1 radical (unpaired) electrons. The Balaban J connectivity index is 3.77. The van der Waals surface area contributed by atoms with E-state index in [1.165, 1.54) is 0 Å². The highest BCUT2D eigenvalue weighted by molar-refractivity contribution is 4.74. The van der Waals surface area contributed by atoms with Gasteiger partial charge in [0.05, 0.1) is 0 Å². The van der Waals surface area contributed by atoms with Gasteiger partial charge in [-0.3, -0.25) is 0 Å². The van der Waals surface area contributed by atoms with Crippen LogP contribution in [0.4, 0.5) is 22.0 Å². The SMILES string of the molecule is [CH2]CCCOCC(F)(F)C(F)(F)F. The maximum absolute atomic E-state index is 12.1. The number of rotatable bonds is 5. The molecule has 0 aromatic rings. The molecule has 1 nitrogen and oxygen atoms in total. The Hall–Kier alpha value is -0.390. The van der Waals surface area contributed by atoms with E-state index < -0.39 is 18.7 Å².